The van der Waals surface area contributed by atoms with E-state index in [0.717, 1.165) is 18.4 Å². The number of carbonyl (C=O) groups excluding carboxylic acids is 1. The SMILES string of the molecule is CCS(=O)(=O)N1CCC[C@@H](CCC(=O)NCc2ccc(OC)cc2OC)C1. The van der Waals surface area contributed by atoms with E-state index in [1.54, 1.807) is 31.5 Å². The van der Waals surface area contributed by atoms with Crippen molar-refractivity contribution in [3.8, 4) is 11.5 Å². The fraction of sp³-hybridized carbons (Fsp3) is 0.632. The van der Waals surface area contributed by atoms with E-state index in [1.807, 2.05) is 12.1 Å². The van der Waals surface area contributed by atoms with E-state index >= 15 is 0 Å². The van der Waals surface area contributed by atoms with Crippen molar-refractivity contribution in [2.24, 2.45) is 5.92 Å². The lowest BCUT2D eigenvalue weighted by molar-refractivity contribution is -0.121. The van der Waals surface area contributed by atoms with Crippen molar-refractivity contribution < 1.29 is 22.7 Å². The highest BCUT2D eigenvalue weighted by Gasteiger charge is 2.27. The lowest BCUT2D eigenvalue weighted by atomic mass is 9.94. The lowest BCUT2D eigenvalue weighted by Gasteiger charge is -2.31. The molecule has 1 heterocycles. The van der Waals surface area contributed by atoms with Crippen molar-refractivity contribution in [1.82, 2.24) is 9.62 Å². The number of nitrogens with zero attached hydrogens (tertiary/aromatic N) is 1. The molecule has 1 N–H and O–H groups in total. The highest BCUT2D eigenvalue weighted by atomic mass is 32.2. The highest BCUT2D eigenvalue weighted by Crippen LogP contribution is 2.25. The summed E-state index contributed by atoms with van der Waals surface area (Å²) < 4.78 is 36.1. The molecule has 1 amide bonds. The van der Waals surface area contributed by atoms with Crippen LogP contribution in [-0.2, 0) is 21.4 Å². The van der Waals surface area contributed by atoms with E-state index in [-0.39, 0.29) is 17.6 Å². The highest BCUT2D eigenvalue weighted by molar-refractivity contribution is 7.89. The summed E-state index contributed by atoms with van der Waals surface area (Å²) in [5.41, 5.74) is 0.879. The van der Waals surface area contributed by atoms with E-state index in [1.165, 1.54) is 0 Å². The maximum absolute atomic E-state index is 12.2. The topological polar surface area (TPSA) is 84.9 Å². The third kappa shape index (κ3) is 6.10. The summed E-state index contributed by atoms with van der Waals surface area (Å²) >= 11 is 0. The quantitative estimate of drug-likeness (QED) is 0.689. The fourth-order valence-electron chi connectivity index (χ4n) is 3.31. The minimum atomic E-state index is -3.14. The number of amides is 1. The molecule has 7 nitrogen and oxygen atoms in total. The van der Waals surface area contributed by atoms with Gasteiger partial charge in [-0.25, -0.2) is 12.7 Å². The molecule has 1 aliphatic heterocycles. The molecule has 8 heteroatoms. The Morgan fingerprint density at radius 1 is 1.30 bits per heavy atom. The first-order valence-corrected chi connectivity index (χ1v) is 11.0. The molecular weight excluding hydrogens is 368 g/mol. The van der Waals surface area contributed by atoms with Gasteiger partial charge < -0.3 is 14.8 Å². The Kier molecular flexibility index (Phi) is 7.91. The first-order valence-electron chi connectivity index (χ1n) is 9.35. The van der Waals surface area contributed by atoms with Crippen LogP contribution in [0.2, 0.25) is 0 Å². The molecule has 0 bridgehead atoms. The summed E-state index contributed by atoms with van der Waals surface area (Å²) in [6, 6.07) is 5.48. The van der Waals surface area contributed by atoms with Crippen molar-refractivity contribution in [2.75, 3.05) is 33.1 Å². The van der Waals surface area contributed by atoms with Crippen LogP contribution in [0.1, 0.15) is 38.2 Å². The lowest BCUT2D eigenvalue weighted by Crippen LogP contribution is -2.41. The minimum absolute atomic E-state index is 0.0386. The van der Waals surface area contributed by atoms with Gasteiger partial charge in [0.1, 0.15) is 11.5 Å². The Morgan fingerprint density at radius 3 is 2.74 bits per heavy atom. The average Bonchev–Trinajstić information content (AvgIpc) is 2.70. The van der Waals surface area contributed by atoms with Crippen LogP contribution < -0.4 is 14.8 Å². The van der Waals surface area contributed by atoms with E-state index in [2.05, 4.69) is 5.32 Å². The standard InChI is InChI=1S/C19H30N2O5S/c1-4-27(23,24)21-11-5-6-15(14-21)7-10-19(22)20-13-16-8-9-17(25-2)12-18(16)26-3/h8-9,12,15H,4-7,10-11,13-14H2,1-3H3,(H,20,22)/t15-/m0/s1. The van der Waals surface area contributed by atoms with Crippen LogP contribution >= 0.6 is 0 Å². The van der Waals surface area contributed by atoms with Crippen LogP contribution in [0.3, 0.4) is 0 Å². The Balaban J connectivity index is 1.81. The molecule has 0 spiro atoms. The summed E-state index contributed by atoms with van der Waals surface area (Å²) in [6.45, 7) is 3.17. The normalized spacial score (nSPS) is 18.1. The number of nitrogens with one attached hydrogen (secondary N) is 1. The van der Waals surface area contributed by atoms with Crippen molar-refractivity contribution >= 4 is 15.9 Å². The number of carbonyl (C=O) groups is 1. The molecule has 1 aromatic carbocycles. The number of ether oxygens (including phenoxy) is 2. The van der Waals surface area contributed by atoms with Crippen LogP contribution in [0.25, 0.3) is 0 Å². The minimum Gasteiger partial charge on any atom is -0.497 e. The van der Waals surface area contributed by atoms with Crippen molar-refractivity contribution in [1.29, 1.82) is 0 Å². The van der Waals surface area contributed by atoms with Crippen LogP contribution in [0, 0.1) is 5.92 Å². The van der Waals surface area contributed by atoms with Gasteiger partial charge in [-0.05, 0) is 44.2 Å². The smallest absolute Gasteiger partial charge is 0.220 e. The molecule has 0 radical (unpaired) electrons. The zero-order chi connectivity index (χ0) is 19.9. The van der Waals surface area contributed by atoms with E-state index < -0.39 is 10.0 Å². The number of methoxy groups -OCH3 is 2. The number of piperidine rings is 1. The second-order valence-corrected chi connectivity index (χ2v) is 9.02. The molecule has 2 rings (SSSR count). The maximum atomic E-state index is 12.2. The van der Waals surface area contributed by atoms with Gasteiger partial charge in [-0.3, -0.25) is 4.79 Å². The van der Waals surface area contributed by atoms with Gasteiger partial charge in [-0.15, -0.1) is 0 Å². The third-order valence-corrected chi connectivity index (χ3v) is 6.84. The van der Waals surface area contributed by atoms with Crippen molar-refractivity contribution in [3.05, 3.63) is 23.8 Å². The predicted molar refractivity (Wildman–Crippen MR) is 104 cm³/mol. The van der Waals surface area contributed by atoms with Gasteiger partial charge in [-0.1, -0.05) is 0 Å². The largest absolute Gasteiger partial charge is 0.497 e. The van der Waals surface area contributed by atoms with Gasteiger partial charge >= 0.3 is 0 Å². The van der Waals surface area contributed by atoms with Gasteiger partial charge in [0, 0.05) is 37.7 Å². The molecular formula is C19H30N2O5S. The third-order valence-electron chi connectivity index (χ3n) is 4.99. The van der Waals surface area contributed by atoms with Crippen LogP contribution in [0.4, 0.5) is 0 Å². The average molecular weight is 399 g/mol. The van der Waals surface area contributed by atoms with E-state index in [9.17, 15) is 13.2 Å². The fourth-order valence-corrected chi connectivity index (χ4v) is 4.52. The Bertz CT molecular complexity index is 736. The summed E-state index contributed by atoms with van der Waals surface area (Å²) in [5, 5.41) is 2.91. The molecule has 1 saturated heterocycles. The molecule has 1 atom stereocenters. The summed E-state index contributed by atoms with van der Waals surface area (Å²) in [5.74, 6) is 1.70. The Hall–Kier alpha value is -1.80. The van der Waals surface area contributed by atoms with Crippen LogP contribution in [-0.4, -0.2) is 51.7 Å². The number of hydrogen-bond donors (Lipinski definition) is 1. The first-order chi connectivity index (χ1) is 12.9. The molecule has 1 aromatic rings. The Labute approximate surface area is 162 Å². The predicted octanol–water partition coefficient (Wildman–Crippen LogP) is 2.16. The molecule has 0 aromatic heterocycles. The second-order valence-electron chi connectivity index (χ2n) is 6.76. The van der Waals surface area contributed by atoms with E-state index in [0.29, 0.717) is 44.0 Å². The monoisotopic (exact) mass is 398 g/mol. The van der Waals surface area contributed by atoms with E-state index in [4.69, 9.17) is 9.47 Å². The van der Waals surface area contributed by atoms with Crippen molar-refractivity contribution in [2.45, 2.75) is 39.2 Å². The van der Waals surface area contributed by atoms with Crippen molar-refractivity contribution in [3.63, 3.8) is 0 Å². The van der Waals surface area contributed by atoms with Gasteiger partial charge in [0.2, 0.25) is 15.9 Å². The van der Waals surface area contributed by atoms with Gasteiger partial charge in [-0.2, -0.15) is 0 Å². The van der Waals surface area contributed by atoms with Crippen LogP contribution in [0.15, 0.2) is 18.2 Å². The molecule has 152 valence electrons. The zero-order valence-electron chi connectivity index (χ0n) is 16.4. The molecule has 1 aliphatic rings. The van der Waals surface area contributed by atoms with Gasteiger partial charge in [0.05, 0.1) is 20.0 Å². The van der Waals surface area contributed by atoms with Crippen LogP contribution in [0.5, 0.6) is 11.5 Å². The Morgan fingerprint density at radius 2 is 2.07 bits per heavy atom. The maximum Gasteiger partial charge on any atom is 0.220 e. The first kappa shape index (κ1) is 21.5. The summed E-state index contributed by atoms with van der Waals surface area (Å²) in [6.07, 6.45) is 2.91. The number of rotatable bonds is 9. The number of hydrogen-bond acceptors (Lipinski definition) is 5. The second kappa shape index (κ2) is 9.94. The van der Waals surface area contributed by atoms with Gasteiger partial charge in [0.25, 0.3) is 0 Å². The summed E-state index contributed by atoms with van der Waals surface area (Å²) in [7, 11) is 0.0304. The molecule has 0 saturated carbocycles. The zero-order valence-corrected chi connectivity index (χ0v) is 17.2. The summed E-state index contributed by atoms with van der Waals surface area (Å²) in [4.78, 5) is 12.2. The number of sulfonamides is 1. The molecule has 1 fully saturated rings. The molecule has 27 heavy (non-hydrogen) atoms. The molecule has 0 aliphatic carbocycles. The number of benzene rings is 1. The van der Waals surface area contributed by atoms with Gasteiger partial charge in [0.15, 0.2) is 0 Å². The molecule has 0 unspecified atom stereocenters.